The predicted octanol–water partition coefficient (Wildman–Crippen LogP) is 7.99. The van der Waals surface area contributed by atoms with Crippen molar-refractivity contribution >= 4 is 11.9 Å². The summed E-state index contributed by atoms with van der Waals surface area (Å²) < 4.78 is 2.61. The maximum absolute atomic E-state index is 2.61. The fourth-order valence-electron chi connectivity index (χ4n) is 5.32. The minimum absolute atomic E-state index is 0.0399. The van der Waals surface area contributed by atoms with E-state index in [0.29, 0.717) is 17.8 Å². The molecule has 0 saturated heterocycles. The molecule has 1 nitrogen and oxygen atoms in total. The molecule has 0 fully saturated rings. The highest BCUT2D eigenvalue weighted by atomic mass is 15.1. The van der Waals surface area contributed by atoms with Crippen LogP contribution in [0.25, 0.3) is 0 Å². The largest absolute Gasteiger partial charge is 0.212 e. The van der Waals surface area contributed by atoms with Crippen LogP contribution in [-0.4, -0.2) is 16.3 Å². The molecule has 0 saturated carbocycles. The van der Waals surface area contributed by atoms with Crippen LogP contribution in [0.2, 0.25) is 0 Å². The molecule has 2 aromatic carbocycles. The maximum Gasteiger partial charge on any atom is 0.212 e. The van der Waals surface area contributed by atoms with E-state index in [1.165, 1.54) is 27.9 Å². The van der Waals surface area contributed by atoms with Gasteiger partial charge in [-0.3, -0.25) is 0 Å². The maximum atomic E-state index is 2.61. The number of benzene rings is 2. The van der Waals surface area contributed by atoms with Crippen molar-refractivity contribution in [3.63, 3.8) is 0 Å². The fraction of sp³-hybridized carbons (Fsp3) is 0.552. The Kier molecular flexibility index (Phi) is 6.33. The molecule has 0 N–H and O–H groups in total. The van der Waals surface area contributed by atoms with Gasteiger partial charge in [0, 0.05) is 31.4 Å². The number of hydrogen-bond donors (Lipinski definition) is 0. The molecule has 0 bridgehead atoms. The Morgan fingerprint density at radius 2 is 1.33 bits per heavy atom. The lowest BCUT2D eigenvalue weighted by molar-refractivity contribution is -0.513. The van der Waals surface area contributed by atoms with E-state index in [1.807, 2.05) is 0 Å². The van der Waals surface area contributed by atoms with Crippen molar-refractivity contribution in [1.82, 2.24) is 0 Å². The zero-order valence-electron chi connectivity index (χ0n) is 20.7. The van der Waals surface area contributed by atoms with Crippen LogP contribution in [0.3, 0.4) is 0 Å². The van der Waals surface area contributed by atoms with Crippen molar-refractivity contribution in [2.45, 2.75) is 97.9 Å². The standard InChI is InChI=1S/C29H42N/c1-20(2)17-23-13-15-24(16-14-23)29(9)18-28(7,8)30(19-29)27-25(21(3)4)11-10-12-26(27)22(5)6/h10-16,19-22H,17-18H2,1-9H3/q+1. The SMILES string of the molecule is CC(C)Cc1ccc(C2(C)C=[N+](c3c(C(C)C)cccc3C(C)C)C(C)(C)C2)cc1. The molecule has 162 valence electrons. The second-order valence-corrected chi connectivity index (χ2v) is 11.3. The Bertz CT molecular complexity index is 886. The minimum atomic E-state index is 0.0399. The molecule has 1 atom stereocenters. The number of rotatable bonds is 6. The van der Waals surface area contributed by atoms with Crippen LogP contribution >= 0.6 is 0 Å². The van der Waals surface area contributed by atoms with Crippen LogP contribution in [0.15, 0.2) is 42.5 Å². The van der Waals surface area contributed by atoms with Gasteiger partial charge in [0.2, 0.25) is 5.69 Å². The zero-order valence-corrected chi connectivity index (χ0v) is 20.7. The van der Waals surface area contributed by atoms with Gasteiger partial charge in [0.25, 0.3) is 0 Å². The lowest BCUT2D eigenvalue weighted by Crippen LogP contribution is -2.31. The van der Waals surface area contributed by atoms with E-state index >= 15 is 0 Å². The van der Waals surface area contributed by atoms with Gasteiger partial charge in [0.15, 0.2) is 11.8 Å². The molecule has 1 aliphatic heterocycles. The molecule has 2 aromatic rings. The number of nitrogens with zero attached hydrogens (tertiary/aromatic N) is 1. The van der Waals surface area contributed by atoms with Crippen molar-refractivity contribution in [3.05, 3.63) is 64.7 Å². The van der Waals surface area contributed by atoms with E-state index in [9.17, 15) is 0 Å². The lowest BCUT2D eigenvalue weighted by atomic mass is 9.77. The highest BCUT2D eigenvalue weighted by Gasteiger charge is 2.50. The molecule has 1 aliphatic rings. The average molecular weight is 405 g/mol. The number of hydrogen-bond acceptors (Lipinski definition) is 0. The summed E-state index contributed by atoms with van der Waals surface area (Å²) >= 11 is 0. The average Bonchev–Trinajstić information content (AvgIpc) is 2.90. The van der Waals surface area contributed by atoms with Crippen molar-refractivity contribution in [1.29, 1.82) is 0 Å². The molecular formula is C29H42N+. The molecule has 1 unspecified atom stereocenters. The normalized spacial score (nSPS) is 21.0. The summed E-state index contributed by atoms with van der Waals surface area (Å²) in [5.74, 6) is 1.70. The van der Waals surface area contributed by atoms with Gasteiger partial charge in [-0.15, -0.1) is 0 Å². The second-order valence-electron chi connectivity index (χ2n) is 11.3. The summed E-state index contributed by atoms with van der Waals surface area (Å²) in [5.41, 5.74) is 7.34. The van der Waals surface area contributed by atoms with Crippen LogP contribution in [0, 0.1) is 5.92 Å². The smallest absolute Gasteiger partial charge is 0.196 e. The van der Waals surface area contributed by atoms with Crippen molar-refractivity contribution in [2.24, 2.45) is 5.92 Å². The van der Waals surface area contributed by atoms with E-state index in [0.717, 1.165) is 12.8 Å². The molecular weight excluding hydrogens is 362 g/mol. The Hall–Kier alpha value is -1.89. The third-order valence-corrected chi connectivity index (χ3v) is 6.71. The van der Waals surface area contributed by atoms with Crippen LogP contribution in [0.5, 0.6) is 0 Å². The van der Waals surface area contributed by atoms with Gasteiger partial charge >= 0.3 is 0 Å². The summed E-state index contributed by atoms with van der Waals surface area (Å²) in [6, 6.07) is 16.3. The van der Waals surface area contributed by atoms with Crippen molar-refractivity contribution in [3.8, 4) is 0 Å². The topological polar surface area (TPSA) is 3.01 Å². The van der Waals surface area contributed by atoms with E-state index in [4.69, 9.17) is 0 Å². The van der Waals surface area contributed by atoms with E-state index in [1.54, 1.807) is 0 Å². The van der Waals surface area contributed by atoms with Gasteiger partial charge in [-0.1, -0.05) is 84.0 Å². The first-order valence-corrected chi connectivity index (χ1v) is 11.8. The molecule has 1 heterocycles. The summed E-state index contributed by atoms with van der Waals surface area (Å²) in [6.07, 6.45) is 4.79. The first-order valence-electron chi connectivity index (χ1n) is 11.8. The quantitative estimate of drug-likeness (QED) is 0.429. The fourth-order valence-corrected chi connectivity index (χ4v) is 5.32. The molecule has 0 aromatic heterocycles. The van der Waals surface area contributed by atoms with Crippen LogP contribution in [0.1, 0.15) is 103 Å². The third-order valence-electron chi connectivity index (χ3n) is 6.71. The summed E-state index contributed by atoms with van der Waals surface area (Å²) in [6.45, 7) is 21.1. The molecule has 0 radical (unpaired) electrons. The van der Waals surface area contributed by atoms with Gasteiger partial charge in [-0.25, -0.2) is 0 Å². The van der Waals surface area contributed by atoms with Crippen LogP contribution in [0.4, 0.5) is 5.69 Å². The Morgan fingerprint density at radius 1 is 0.800 bits per heavy atom. The van der Waals surface area contributed by atoms with Crippen molar-refractivity contribution < 1.29 is 4.58 Å². The summed E-state index contributed by atoms with van der Waals surface area (Å²) in [7, 11) is 0. The molecule has 0 spiro atoms. The second kappa shape index (κ2) is 8.33. The highest BCUT2D eigenvalue weighted by Crippen LogP contribution is 2.45. The molecule has 0 aliphatic carbocycles. The summed E-state index contributed by atoms with van der Waals surface area (Å²) in [5, 5.41) is 0. The minimum Gasteiger partial charge on any atom is -0.196 e. The first kappa shape index (κ1) is 22.8. The van der Waals surface area contributed by atoms with E-state index in [2.05, 4.69) is 116 Å². The van der Waals surface area contributed by atoms with Crippen LogP contribution in [-0.2, 0) is 11.8 Å². The third kappa shape index (κ3) is 4.41. The highest BCUT2D eigenvalue weighted by molar-refractivity contribution is 5.73. The van der Waals surface area contributed by atoms with Gasteiger partial charge in [-0.05, 0) is 42.2 Å². The predicted molar refractivity (Wildman–Crippen MR) is 132 cm³/mol. The monoisotopic (exact) mass is 404 g/mol. The van der Waals surface area contributed by atoms with Gasteiger partial charge in [0.05, 0.1) is 5.41 Å². The van der Waals surface area contributed by atoms with E-state index < -0.39 is 0 Å². The summed E-state index contributed by atoms with van der Waals surface area (Å²) in [4.78, 5) is 0. The molecule has 1 heteroatoms. The van der Waals surface area contributed by atoms with Gasteiger partial charge in [0.1, 0.15) is 0 Å². The lowest BCUT2D eigenvalue weighted by Gasteiger charge is -2.24. The molecule has 3 rings (SSSR count). The first-order chi connectivity index (χ1) is 13.9. The zero-order chi connectivity index (χ0) is 22.3. The van der Waals surface area contributed by atoms with Crippen LogP contribution < -0.4 is 0 Å². The van der Waals surface area contributed by atoms with Gasteiger partial charge < -0.3 is 0 Å². The molecule has 30 heavy (non-hydrogen) atoms. The molecule has 0 amide bonds. The Balaban J connectivity index is 2.12. The van der Waals surface area contributed by atoms with Gasteiger partial charge in [-0.2, -0.15) is 4.58 Å². The van der Waals surface area contributed by atoms with Crippen molar-refractivity contribution in [2.75, 3.05) is 0 Å². The number of para-hydroxylation sites is 1. The Morgan fingerprint density at radius 3 is 1.80 bits per heavy atom. The Labute approximate surface area is 185 Å². The van der Waals surface area contributed by atoms with E-state index in [-0.39, 0.29) is 11.0 Å².